The smallest absolute Gasteiger partial charge is 0.264 e. The molecule has 1 amide bonds. The van der Waals surface area contributed by atoms with Crippen LogP contribution >= 0.6 is 15.9 Å². The molecule has 2 aromatic rings. The van der Waals surface area contributed by atoms with E-state index in [0.29, 0.717) is 29.3 Å². The molecule has 1 aliphatic rings. The summed E-state index contributed by atoms with van der Waals surface area (Å²) in [6.45, 7) is 2.52. The Balaban J connectivity index is 2.01. The van der Waals surface area contributed by atoms with Gasteiger partial charge in [0.15, 0.2) is 11.4 Å². The fourth-order valence-corrected chi connectivity index (χ4v) is 3.95. The minimum absolute atomic E-state index is 0.261. The first-order valence-electron chi connectivity index (χ1n) is 9.45. The fourth-order valence-electron chi connectivity index (χ4n) is 3.59. The van der Waals surface area contributed by atoms with Gasteiger partial charge in [-0.05, 0) is 42.8 Å². The van der Waals surface area contributed by atoms with Crippen LogP contribution in [0.5, 0.6) is 11.5 Å². The van der Waals surface area contributed by atoms with Gasteiger partial charge in [0.25, 0.3) is 5.91 Å². The Bertz CT molecular complexity index is 945. The molecule has 0 aliphatic carbocycles. The molecule has 0 bridgehead atoms. The highest BCUT2D eigenvalue weighted by Crippen LogP contribution is 2.44. The molecule has 0 fully saturated rings. The number of carbonyl (C=O) groups is 2. The van der Waals surface area contributed by atoms with Crippen LogP contribution < -0.4 is 14.4 Å². The first-order valence-corrected chi connectivity index (χ1v) is 10.2. The van der Waals surface area contributed by atoms with Gasteiger partial charge >= 0.3 is 0 Å². The van der Waals surface area contributed by atoms with E-state index in [1.165, 1.54) is 14.2 Å². The molecule has 0 radical (unpaired) electrons. The van der Waals surface area contributed by atoms with Crippen LogP contribution in [-0.2, 0) is 10.4 Å². The first-order chi connectivity index (χ1) is 13.8. The molecule has 0 spiro atoms. The Kier molecular flexibility index (Phi) is 6.29. The summed E-state index contributed by atoms with van der Waals surface area (Å²) in [5.41, 5.74) is -0.600. The maximum atomic E-state index is 13.2. The van der Waals surface area contributed by atoms with Crippen molar-refractivity contribution in [2.24, 2.45) is 0 Å². The molecule has 0 saturated carbocycles. The number of halogens is 1. The Hall–Kier alpha value is -2.38. The number of carbonyl (C=O) groups excluding carboxylic acids is 2. The lowest BCUT2D eigenvalue weighted by atomic mass is 9.88. The van der Waals surface area contributed by atoms with Crippen LogP contribution in [0.1, 0.15) is 42.1 Å². The Morgan fingerprint density at radius 1 is 1.17 bits per heavy atom. The van der Waals surface area contributed by atoms with Gasteiger partial charge in [0, 0.05) is 16.6 Å². The van der Waals surface area contributed by atoms with Crippen molar-refractivity contribution in [3.05, 3.63) is 52.0 Å². The molecule has 1 aliphatic heterocycles. The zero-order valence-electron chi connectivity index (χ0n) is 16.7. The first kappa shape index (κ1) is 21.3. The highest BCUT2D eigenvalue weighted by Gasteiger charge is 2.51. The van der Waals surface area contributed by atoms with Crippen LogP contribution in [0.4, 0.5) is 5.69 Å². The quantitative estimate of drug-likeness (QED) is 0.599. The summed E-state index contributed by atoms with van der Waals surface area (Å²) in [6.07, 6.45) is 1.32. The number of aliphatic hydroxyl groups is 1. The summed E-state index contributed by atoms with van der Waals surface area (Å²) in [4.78, 5) is 27.9. The predicted molar refractivity (Wildman–Crippen MR) is 114 cm³/mol. The van der Waals surface area contributed by atoms with Crippen molar-refractivity contribution in [2.45, 2.75) is 31.8 Å². The second kappa shape index (κ2) is 8.55. The average molecular weight is 462 g/mol. The summed E-state index contributed by atoms with van der Waals surface area (Å²) in [5, 5.41) is 11.4. The maximum absolute atomic E-state index is 13.2. The Morgan fingerprint density at radius 3 is 2.59 bits per heavy atom. The van der Waals surface area contributed by atoms with Crippen molar-refractivity contribution >= 4 is 33.3 Å². The topological polar surface area (TPSA) is 76.1 Å². The monoisotopic (exact) mass is 461 g/mol. The minimum Gasteiger partial charge on any atom is -0.497 e. The van der Waals surface area contributed by atoms with E-state index < -0.39 is 17.3 Å². The van der Waals surface area contributed by atoms with Crippen LogP contribution in [0.25, 0.3) is 0 Å². The molecule has 1 atom stereocenters. The second-order valence-electron chi connectivity index (χ2n) is 7.00. The van der Waals surface area contributed by atoms with Crippen molar-refractivity contribution in [3.63, 3.8) is 0 Å². The van der Waals surface area contributed by atoms with Crippen LogP contribution in [0.15, 0.2) is 40.9 Å². The molecule has 0 saturated heterocycles. The van der Waals surface area contributed by atoms with Gasteiger partial charge in [-0.1, -0.05) is 29.3 Å². The third-order valence-corrected chi connectivity index (χ3v) is 5.65. The Morgan fingerprint density at radius 2 is 1.93 bits per heavy atom. The van der Waals surface area contributed by atoms with E-state index in [-0.39, 0.29) is 12.0 Å². The van der Waals surface area contributed by atoms with Crippen molar-refractivity contribution in [1.82, 2.24) is 0 Å². The van der Waals surface area contributed by atoms with Crippen molar-refractivity contribution in [2.75, 3.05) is 25.7 Å². The van der Waals surface area contributed by atoms with Gasteiger partial charge < -0.3 is 19.5 Å². The van der Waals surface area contributed by atoms with E-state index >= 15 is 0 Å². The van der Waals surface area contributed by atoms with Crippen molar-refractivity contribution in [3.8, 4) is 11.5 Å². The van der Waals surface area contributed by atoms with Crippen molar-refractivity contribution < 1.29 is 24.2 Å². The molecular weight excluding hydrogens is 438 g/mol. The molecular formula is C22H24BrNO5. The Labute approximate surface area is 178 Å². The highest BCUT2D eigenvalue weighted by molar-refractivity contribution is 9.10. The molecule has 154 valence electrons. The number of nitrogens with zero attached hydrogens (tertiary/aromatic N) is 1. The number of amides is 1. The van der Waals surface area contributed by atoms with E-state index in [2.05, 4.69) is 15.9 Å². The SMILES string of the molecule is CCCCN1C(=O)[C@](O)(CC(=O)c2cc(OC)ccc2OC)c2cc(Br)ccc21. The van der Waals surface area contributed by atoms with Crippen LogP contribution in [0, 0.1) is 0 Å². The van der Waals surface area contributed by atoms with E-state index in [4.69, 9.17) is 9.47 Å². The lowest BCUT2D eigenvalue weighted by Crippen LogP contribution is -2.42. The lowest BCUT2D eigenvalue weighted by Gasteiger charge is -2.23. The summed E-state index contributed by atoms with van der Waals surface area (Å²) in [5.74, 6) is -0.0251. The zero-order valence-corrected chi connectivity index (χ0v) is 18.3. The van der Waals surface area contributed by atoms with E-state index in [9.17, 15) is 14.7 Å². The number of benzene rings is 2. The number of anilines is 1. The number of ether oxygens (including phenoxy) is 2. The molecule has 1 N–H and O–H groups in total. The highest BCUT2D eigenvalue weighted by atomic mass is 79.9. The standard InChI is InChI=1S/C22H24BrNO5/c1-4-5-10-24-18-8-6-14(23)11-17(18)22(27,21(24)26)13-19(25)16-12-15(28-2)7-9-20(16)29-3/h6-9,11-12,27H,4-5,10,13H2,1-3H3/t22-/m0/s1. The number of hydrogen-bond donors (Lipinski definition) is 1. The number of ketones is 1. The average Bonchev–Trinajstić information content (AvgIpc) is 2.92. The number of unbranched alkanes of at least 4 members (excludes halogenated alkanes) is 1. The maximum Gasteiger partial charge on any atom is 0.264 e. The van der Waals surface area contributed by atoms with Gasteiger partial charge in [-0.15, -0.1) is 0 Å². The molecule has 29 heavy (non-hydrogen) atoms. The summed E-state index contributed by atoms with van der Waals surface area (Å²) in [6, 6.07) is 10.2. The molecule has 7 heteroatoms. The normalized spacial score (nSPS) is 18.0. The second-order valence-corrected chi connectivity index (χ2v) is 7.91. The van der Waals surface area contributed by atoms with E-state index in [1.807, 2.05) is 13.0 Å². The number of rotatable bonds is 8. The van der Waals surface area contributed by atoms with Gasteiger partial charge in [0.1, 0.15) is 11.5 Å². The van der Waals surface area contributed by atoms with Gasteiger partial charge in [-0.25, -0.2) is 0 Å². The third-order valence-electron chi connectivity index (χ3n) is 5.15. The van der Waals surface area contributed by atoms with Crippen LogP contribution in [0.3, 0.4) is 0 Å². The molecule has 0 aromatic heterocycles. The number of methoxy groups -OCH3 is 2. The molecule has 6 nitrogen and oxygen atoms in total. The number of Topliss-reactive ketones (excluding diaryl/α,β-unsaturated/α-hetero) is 1. The third kappa shape index (κ3) is 3.89. The van der Waals surface area contributed by atoms with Crippen LogP contribution in [-0.4, -0.2) is 37.6 Å². The lowest BCUT2D eigenvalue weighted by molar-refractivity contribution is -0.135. The van der Waals surface area contributed by atoms with Gasteiger partial charge in [0.2, 0.25) is 0 Å². The molecule has 0 unspecified atom stereocenters. The molecule has 2 aromatic carbocycles. The van der Waals surface area contributed by atoms with Gasteiger partial charge in [0.05, 0.1) is 31.9 Å². The van der Waals surface area contributed by atoms with Gasteiger partial charge in [-0.3, -0.25) is 9.59 Å². The summed E-state index contributed by atoms with van der Waals surface area (Å²) >= 11 is 3.40. The number of fused-ring (bicyclic) bond motifs is 1. The van der Waals surface area contributed by atoms with Gasteiger partial charge in [-0.2, -0.15) is 0 Å². The number of hydrogen-bond acceptors (Lipinski definition) is 5. The van der Waals surface area contributed by atoms with Crippen LogP contribution in [0.2, 0.25) is 0 Å². The minimum atomic E-state index is -1.93. The van der Waals surface area contributed by atoms with Crippen molar-refractivity contribution in [1.29, 1.82) is 0 Å². The summed E-state index contributed by atoms with van der Waals surface area (Å²) < 4.78 is 11.2. The van der Waals surface area contributed by atoms with E-state index in [1.54, 1.807) is 35.2 Å². The predicted octanol–water partition coefficient (Wildman–Crippen LogP) is 4.07. The molecule has 3 rings (SSSR count). The summed E-state index contributed by atoms with van der Waals surface area (Å²) in [7, 11) is 2.97. The van der Waals surface area contributed by atoms with E-state index in [0.717, 1.165) is 17.3 Å². The molecule has 1 heterocycles. The fraction of sp³-hybridized carbons (Fsp3) is 0.364. The largest absolute Gasteiger partial charge is 0.497 e. The zero-order chi connectivity index (χ0) is 21.2.